The van der Waals surface area contributed by atoms with Crippen molar-refractivity contribution in [2.24, 2.45) is 10.8 Å². The lowest BCUT2D eigenvalue weighted by atomic mass is 10.1. The minimum Gasteiger partial charge on any atom is -0.504 e. The van der Waals surface area contributed by atoms with E-state index in [-0.39, 0.29) is 5.75 Å². The minimum atomic E-state index is -0.747. The first-order chi connectivity index (χ1) is 8.58. The summed E-state index contributed by atoms with van der Waals surface area (Å²) in [5.74, 6) is 0.396. The Bertz CT molecular complexity index is 484. The Morgan fingerprint density at radius 1 is 1.67 bits per heavy atom. The number of hydrogen-bond donors (Lipinski definition) is 3. The molecule has 0 aliphatic carbocycles. The third-order valence-corrected chi connectivity index (χ3v) is 2.15. The fourth-order valence-electron chi connectivity index (χ4n) is 1.40. The van der Waals surface area contributed by atoms with Crippen LogP contribution in [0.3, 0.4) is 0 Å². The topological polar surface area (TPSA) is 96.9 Å². The summed E-state index contributed by atoms with van der Waals surface area (Å²) in [4.78, 5) is 10.5. The number of amides is 2. The maximum absolute atomic E-state index is 10.5. The third-order valence-electron chi connectivity index (χ3n) is 2.15. The van der Waals surface area contributed by atoms with Gasteiger partial charge in [0.25, 0.3) is 0 Å². The summed E-state index contributed by atoms with van der Waals surface area (Å²) >= 11 is 0. The maximum Gasteiger partial charge on any atom is 0.332 e. The minimum absolute atomic E-state index is 0.0670. The van der Waals surface area contributed by atoms with Crippen LogP contribution in [-0.4, -0.2) is 24.5 Å². The van der Waals surface area contributed by atoms with E-state index in [1.54, 1.807) is 18.2 Å². The van der Waals surface area contributed by atoms with Crippen molar-refractivity contribution in [1.29, 1.82) is 0 Å². The van der Waals surface area contributed by atoms with Crippen LogP contribution < -0.4 is 15.9 Å². The van der Waals surface area contributed by atoms with Crippen LogP contribution in [0.15, 0.2) is 29.9 Å². The number of hydrazone groups is 1. The number of carbonyl (C=O) groups is 1. The normalized spacial score (nSPS) is 10.3. The summed E-state index contributed by atoms with van der Waals surface area (Å²) in [7, 11) is 1.45. The Morgan fingerprint density at radius 3 is 2.94 bits per heavy atom. The molecule has 0 bridgehead atoms. The summed E-state index contributed by atoms with van der Waals surface area (Å²) < 4.78 is 5.04. The van der Waals surface area contributed by atoms with Crippen molar-refractivity contribution >= 4 is 12.2 Å². The lowest BCUT2D eigenvalue weighted by Gasteiger charge is -2.09. The van der Waals surface area contributed by atoms with Crippen LogP contribution >= 0.6 is 0 Å². The number of benzene rings is 1. The first kappa shape index (κ1) is 13.6. The molecule has 96 valence electrons. The fraction of sp³-hybridized carbons (Fsp3) is 0.167. The number of nitrogens with two attached hydrogens (primary N) is 1. The maximum atomic E-state index is 10.5. The molecule has 0 aliphatic rings. The molecular weight excluding hydrogens is 234 g/mol. The van der Waals surface area contributed by atoms with Crippen LogP contribution in [0, 0.1) is 0 Å². The molecule has 4 N–H and O–H groups in total. The van der Waals surface area contributed by atoms with E-state index in [1.807, 2.05) is 0 Å². The monoisotopic (exact) mass is 249 g/mol. The molecule has 0 saturated heterocycles. The molecule has 1 aromatic carbocycles. The number of phenolic OH excluding ortho intramolecular Hbond substituents is 1. The number of hydrogen-bond acceptors (Lipinski definition) is 4. The van der Waals surface area contributed by atoms with Crippen LogP contribution in [0.4, 0.5) is 4.79 Å². The summed E-state index contributed by atoms with van der Waals surface area (Å²) in [5.41, 5.74) is 8.27. The second-order valence-corrected chi connectivity index (χ2v) is 3.46. The fourth-order valence-corrected chi connectivity index (χ4v) is 1.40. The second kappa shape index (κ2) is 6.29. The van der Waals surface area contributed by atoms with Gasteiger partial charge in [0.1, 0.15) is 0 Å². The number of urea groups is 1. The van der Waals surface area contributed by atoms with Crippen LogP contribution in [0.25, 0.3) is 0 Å². The van der Waals surface area contributed by atoms with Crippen molar-refractivity contribution in [1.82, 2.24) is 5.43 Å². The quantitative estimate of drug-likeness (QED) is 0.414. The molecule has 0 atom stereocenters. The van der Waals surface area contributed by atoms with Crippen LogP contribution in [0.1, 0.15) is 11.1 Å². The average Bonchev–Trinajstić information content (AvgIpc) is 2.32. The summed E-state index contributed by atoms with van der Waals surface area (Å²) in [6.07, 6.45) is 3.56. The highest BCUT2D eigenvalue weighted by atomic mass is 16.5. The van der Waals surface area contributed by atoms with Gasteiger partial charge in [-0.05, 0) is 24.1 Å². The zero-order valence-electron chi connectivity index (χ0n) is 10.0. The molecular formula is C12H15N3O3. The van der Waals surface area contributed by atoms with E-state index in [4.69, 9.17) is 10.5 Å². The summed E-state index contributed by atoms with van der Waals surface area (Å²) in [6, 6.07) is 2.56. The smallest absolute Gasteiger partial charge is 0.332 e. The van der Waals surface area contributed by atoms with Gasteiger partial charge in [-0.25, -0.2) is 10.2 Å². The molecule has 0 aliphatic heterocycles. The highest BCUT2D eigenvalue weighted by Gasteiger charge is 2.08. The van der Waals surface area contributed by atoms with E-state index in [9.17, 15) is 9.90 Å². The van der Waals surface area contributed by atoms with Crippen molar-refractivity contribution in [3.05, 3.63) is 35.9 Å². The number of nitrogens with zero attached hydrogens (tertiary/aromatic N) is 1. The predicted molar refractivity (Wildman–Crippen MR) is 68.9 cm³/mol. The number of allylic oxidation sites excluding steroid dienone is 1. The first-order valence-electron chi connectivity index (χ1n) is 5.17. The number of primary amides is 1. The van der Waals surface area contributed by atoms with E-state index in [2.05, 4.69) is 17.1 Å². The van der Waals surface area contributed by atoms with E-state index in [1.165, 1.54) is 13.3 Å². The molecule has 1 aromatic rings. The first-order valence-corrected chi connectivity index (χ1v) is 5.17. The molecule has 0 spiro atoms. The number of nitrogens with one attached hydrogen (secondary N) is 1. The molecule has 6 heteroatoms. The number of rotatable bonds is 5. The van der Waals surface area contributed by atoms with Crippen LogP contribution in [-0.2, 0) is 6.42 Å². The lowest BCUT2D eigenvalue weighted by molar-refractivity contribution is 0.249. The highest BCUT2D eigenvalue weighted by molar-refractivity contribution is 5.83. The Kier molecular flexibility index (Phi) is 4.74. The molecule has 0 radical (unpaired) electrons. The molecule has 6 nitrogen and oxygen atoms in total. The van der Waals surface area contributed by atoms with Crippen molar-refractivity contribution in [3.63, 3.8) is 0 Å². The lowest BCUT2D eigenvalue weighted by Crippen LogP contribution is -2.24. The van der Waals surface area contributed by atoms with Gasteiger partial charge in [0.05, 0.1) is 13.3 Å². The van der Waals surface area contributed by atoms with Gasteiger partial charge in [-0.1, -0.05) is 6.08 Å². The molecule has 0 aromatic heterocycles. The Morgan fingerprint density at radius 2 is 2.39 bits per heavy atom. The molecule has 18 heavy (non-hydrogen) atoms. The second-order valence-electron chi connectivity index (χ2n) is 3.46. The Hall–Kier alpha value is -2.50. The average molecular weight is 249 g/mol. The molecule has 0 heterocycles. The number of phenols is 1. The number of ether oxygens (including phenoxy) is 1. The Balaban J connectivity index is 3.05. The van der Waals surface area contributed by atoms with Gasteiger partial charge in [0.2, 0.25) is 0 Å². The van der Waals surface area contributed by atoms with Crippen molar-refractivity contribution in [2.45, 2.75) is 6.42 Å². The zero-order chi connectivity index (χ0) is 13.5. The van der Waals surface area contributed by atoms with E-state index >= 15 is 0 Å². The number of aromatic hydroxyl groups is 1. The highest BCUT2D eigenvalue weighted by Crippen LogP contribution is 2.31. The van der Waals surface area contributed by atoms with Crippen LogP contribution in [0.2, 0.25) is 0 Å². The van der Waals surface area contributed by atoms with E-state index in [0.29, 0.717) is 23.3 Å². The molecule has 1 rings (SSSR count). The Labute approximate surface area is 105 Å². The predicted octanol–water partition coefficient (Wildman–Crippen LogP) is 1.13. The molecule has 0 fully saturated rings. The largest absolute Gasteiger partial charge is 0.504 e. The molecule has 0 saturated carbocycles. The van der Waals surface area contributed by atoms with Gasteiger partial charge in [-0.15, -0.1) is 6.58 Å². The molecule has 0 unspecified atom stereocenters. The van der Waals surface area contributed by atoms with Crippen LogP contribution in [0.5, 0.6) is 11.5 Å². The van der Waals surface area contributed by atoms with Gasteiger partial charge in [-0.3, -0.25) is 0 Å². The standard InChI is InChI=1S/C12H15N3O3/c1-3-4-9-5-8(7-14-15-12(13)17)6-10(18-2)11(9)16/h3,5-7,16H,1,4H2,2H3,(H3,13,15,17). The van der Waals surface area contributed by atoms with E-state index < -0.39 is 6.03 Å². The number of carbonyl (C=O) groups excluding carboxylic acids is 1. The van der Waals surface area contributed by atoms with Gasteiger partial charge in [0.15, 0.2) is 11.5 Å². The third kappa shape index (κ3) is 3.51. The van der Waals surface area contributed by atoms with Gasteiger partial charge in [0, 0.05) is 5.56 Å². The molecule has 2 amide bonds. The van der Waals surface area contributed by atoms with Gasteiger partial charge in [-0.2, -0.15) is 5.10 Å². The summed E-state index contributed by atoms with van der Waals surface area (Å²) in [6.45, 7) is 3.61. The van der Waals surface area contributed by atoms with Crippen molar-refractivity contribution in [3.8, 4) is 11.5 Å². The number of methoxy groups -OCH3 is 1. The van der Waals surface area contributed by atoms with Crippen molar-refractivity contribution in [2.75, 3.05) is 7.11 Å². The zero-order valence-corrected chi connectivity index (χ0v) is 10.0. The van der Waals surface area contributed by atoms with E-state index in [0.717, 1.165) is 0 Å². The van der Waals surface area contributed by atoms with Gasteiger partial charge < -0.3 is 15.6 Å². The SMILES string of the molecule is C=CCc1cc(C=NNC(N)=O)cc(OC)c1O. The van der Waals surface area contributed by atoms with Crippen molar-refractivity contribution < 1.29 is 14.6 Å². The summed E-state index contributed by atoms with van der Waals surface area (Å²) in [5, 5.41) is 13.5. The van der Waals surface area contributed by atoms with Gasteiger partial charge >= 0.3 is 6.03 Å².